The molecule has 2 rings (SSSR count). The lowest BCUT2D eigenvalue weighted by atomic mass is 9.80. The molecular weight excluding hydrogens is 342 g/mol. The highest BCUT2D eigenvalue weighted by atomic mass is 32.2. The quantitative estimate of drug-likeness (QED) is 0.422. The van der Waals surface area contributed by atoms with E-state index in [0.717, 1.165) is 52.2 Å². The summed E-state index contributed by atoms with van der Waals surface area (Å²) in [5, 5.41) is 11.3. The summed E-state index contributed by atoms with van der Waals surface area (Å²) in [5.74, 6) is 0.552. The molecule has 25 heavy (non-hydrogen) atoms. The third-order valence-corrected chi connectivity index (χ3v) is 5.79. The molecule has 0 unspecified atom stereocenters. The highest BCUT2D eigenvalue weighted by Crippen LogP contribution is 2.34. The zero-order valence-electron chi connectivity index (χ0n) is 15.3. The fourth-order valence-electron chi connectivity index (χ4n) is 3.70. The SMILES string of the molecule is CCNC(=NCC1(N2CCOCC2)CCCCC1)NCCS(N)(=O)=O. The van der Waals surface area contributed by atoms with E-state index in [1.54, 1.807) is 0 Å². The van der Waals surface area contributed by atoms with Gasteiger partial charge in [-0.2, -0.15) is 0 Å². The number of hydrogen-bond donors (Lipinski definition) is 3. The molecule has 1 aliphatic heterocycles. The van der Waals surface area contributed by atoms with Crippen LogP contribution in [0, 0.1) is 0 Å². The molecule has 9 heteroatoms. The molecule has 0 spiro atoms. The van der Waals surface area contributed by atoms with Crippen LogP contribution in [-0.4, -0.2) is 76.5 Å². The van der Waals surface area contributed by atoms with E-state index in [9.17, 15) is 8.42 Å². The Labute approximate surface area is 151 Å². The van der Waals surface area contributed by atoms with Crippen LogP contribution in [0.2, 0.25) is 0 Å². The van der Waals surface area contributed by atoms with Crippen LogP contribution in [-0.2, 0) is 14.8 Å². The Kier molecular flexibility index (Phi) is 7.92. The molecule has 0 atom stereocenters. The van der Waals surface area contributed by atoms with Gasteiger partial charge in [-0.3, -0.25) is 9.89 Å². The topological polar surface area (TPSA) is 109 Å². The summed E-state index contributed by atoms with van der Waals surface area (Å²) in [4.78, 5) is 7.33. The van der Waals surface area contributed by atoms with Crippen molar-refractivity contribution < 1.29 is 13.2 Å². The highest BCUT2D eigenvalue weighted by Gasteiger charge is 2.38. The minimum atomic E-state index is -3.47. The molecule has 1 saturated heterocycles. The summed E-state index contributed by atoms with van der Waals surface area (Å²) in [7, 11) is -3.47. The van der Waals surface area contributed by atoms with Crippen LogP contribution in [0.3, 0.4) is 0 Å². The van der Waals surface area contributed by atoms with Gasteiger partial charge in [0.2, 0.25) is 10.0 Å². The molecule has 0 amide bonds. The maximum absolute atomic E-state index is 11.1. The Morgan fingerprint density at radius 3 is 2.48 bits per heavy atom. The van der Waals surface area contributed by atoms with E-state index < -0.39 is 10.0 Å². The third kappa shape index (κ3) is 6.73. The fourth-order valence-corrected chi connectivity index (χ4v) is 4.09. The van der Waals surface area contributed by atoms with E-state index in [1.165, 1.54) is 19.3 Å². The van der Waals surface area contributed by atoms with Crippen LogP contribution in [0.5, 0.6) is 0 Å². The van der Waals surface area contributed by atoms with Crippen molar-refractivity contribution in [2.45, 2.75) is 44.6 Å². The number of morpholine rings is 1. The van der Waals surface area contributed by atoms with Gasteiger partial charge in [0.05, 0.1) is 25.5 Å². The molecule has 146 valence electrons. The average molecular weight is 376 g/mol. The van der Waals surface area contributed by atoms with Gasteiger partial charge in [-0.15, -0.1) is 0 Å². The van der Waals surface area contributed by atoms with Crippen molar-refractivity contribution in [3.63, 3.8) is 0 Å². The summed E-state index contributed by atoms with van der Waals surface area (Å²) in [5.41, 5.74) is 0.102. The van der Waals surface area contributed by atoms with Gasteiger partial charge >= 0.3 is 0 Å². The van der Waals surface area contributed by atoms with E-state index in [2.05, 4.69) is 15.5 Å². The average Bonchev–Trinajstić information content (AvgIpc) is 2.60. The number of nitrogens with one attached hydrogen (secondary N) is 2. The molecule has 8 nitrogen and oxygen atoms in total. The summed E-state index contributed by atoms with van der Waals surface area (Å²) in [6.45, 7) is 7.21. The minimum Gasteiger partial charge on any atom is -0.379 e. The zero-order valence-corrected chi connectivity index (χ0v) is 16.1. The van der Waals surface area contributed by atoms with Gasteiger partial charge in [0.25, 0.3) is 0 Å². The van der Waals surface area contributed by atoms with Crippen molar-refractivity contribution in [2.24, 2.45) is 10.1 Å². The number of rotatable bonds is 7. The molecule has 1 aliphatic carbocycles. The first kappa shape index (κ1) is 20.4. The minimum absolute atomic E-state index is 0.102. The molecule has 2 aliphatic rings. The monoisotopic (exact) mass is 375 g/mol. The van der Waals surface area contributed by atoms with Crippen molar-refractivity contribution >= 4 is 16.0 Å². The first-order valence-corrected chi connectivity index (χ1v) is 11.0. The van der Waals surface area contributed by atoms with Crippen molar-refractivity contribution in [1.82, 2.24) is 15.5 Å². The molecule has 0 aromatic heterocycles. The van der Waals surface area contributed by atoms with E-state index in [4.69, 9.17) is 14.9 Å². The molecular formula is C16H33N5O3S. The number of ether oxygens (including phenoxy) is 1. The lowest BCUT2D eigenvalue weighted by molar-refractivity contribution is -0.0333. The first-order chi connectivity index (χ1) is 12.0. The molecule has 0 aromatic rings. The van der Waals surface area contributed by atoms with E-state index >= 15 is 0 Å². The largest absolute Gasteiger partial charge is 0.379 e. The zero-order chi connectivity index (χ0) is 18.2. The molecule has 4 N–H and O–H groups in total. The summed E-state index contributed by atoms with van der Waals surface area (Å²) >= 11 is 0. The van der Waals surface area contributed by atoms with Crippen molar-refractivity contribution in [3.8, 4) is 0 Å². The maximum atomic E-state index is 11.1. The summed E-state index contributed by atoms with van der Waals surface area (Å²) in [6, 6.07) is 0. The van der Waals surface area contributed by atoms with E-state index in [0.29, 0.717) is 5.96 Å². The number of sulfonamides is 1. The predicted octanol–water partition coefficient (Wildman–Crippen LogP) is -0.135. The molecule has 0 bridgehead atoms. The summed E-state index contributed by atoms with van der Waals surface area (Å²) in [6.07, 6.45) is 6.09. The lowest BCUT2D eigenvalue weighted by Crippen LogP contribution is -2.56. The molecule has 1 saturated carbocycles. The van der Waals surface area contributed by atoms with Crippen LogP contribution >= 0.6 is 0 Å². The second-order valence-corrected chi connectivity index (χ2v) is 8.61. The lowest BCUT2D eigenvalue weighted by Gasteiger charge is -2.47. The first-order valence-electron chi connectivity index (χ1n) is 9.31. The predicted molar refractivity (Wildman–Crippen MR) is 100 cm³/mol. The number of hydrogen-bond acceptors (Lipinski definition) is 5. The second-order valence-electron chi connectivity index (χ2n) is 6.87. The Balaban J connectivity index is 2.02. The Morgan fingerprint density at radius 2 is 1.88 bits per heavy atom. The highest BCUT2D eigenvalue weighted by molar-refractivity contribution is 7.89. The van der Waals surface area contributed by atoms with Crippen LogP contribution in [0.25, 0.3) is 0 Å². The Hall–Kier alpha value is -0.900. The molecule has 0 radical (unpaired) electrons. The van der Waals surface area contributed by atoms with Crippen LogP contribution in [0.4, 0.5) is 0 Å². The van der Waals surface area contributed by atoms with Gasteiger partial charge in [-0.1, -0.05) is 19.3 Å². The van der Waals surface area contributed by atoms with Gasteiger partial charge < -0.3 is 15.4 Å². The maximum Gasteiger partial charge on any atom is 0.210 e. The number of nitrogens with two attached hydrogens (primary N) is 1. The van der Waals surface area contributed by atoms with Crippen LogP contribution in [0.1, 0.15) is 39.0 Å². The van der Waals surface area contributed by atoms with Crippen molar-refractivity contribution in [2.75, 3.05) is 51.7 Å². The summed E-state index contributed by atoms with van der Waals surface area (Å²) < 4.78 is 27.7. The third-order valence-electron chi connectivity index (χ3n) is 5.02. The van der Waals surface area contributed by atoms with Gasteiger partial charge in [0.15, 0.2) is 5.96 Å². The number of aliphatic imine (C=N–C) groups is 1. The van der Waals surface area contributed by atoms with Gasteiger partial charge in [-0.05, 0) is 19.8 Å². The van der Waals surface area contributed by atoms with E-state index in [1.807, 2.05) is 6.92 Å². The smallest absolute Gasteiger partial charge is 0.210 e. The van der Waals surface area contributed by atoms with E-state index in [-0.39, 0.29) is 17.8 Å². The fraction of sp³-hybridized carbons (Fsp3) is 0.938. The van der Waals surface area contributed by atoms with Gasteiger partial charge in [-0.25, -0.2) is 13.6 Å². The van der Waals surface area contributed by atoms with Gasteiger partial charge in [0, 0.05) is 31.7 Å². The number of guanidine groups is 1. The van der Waals surface area contributed by atoms with Gasteiger partial charge in [0.1, 0.15) is 0 Å². The van der Waals surface area contributed by atoms with Crippen molar-refractivity contribution in [1.29, 1.82) is 0 Å². The Bertz CT molecular complexity index is 526. The standard InChI is InChI=1S/C16H33N5O3S/c1-2-18-15(19-8-13-25(17,22)23)20-14-16(6-4-3-5-7-16)21-9-11-24-12-10-21/h2-14H2,1H3,(H2,17,22,23)(H2,18,19,20). The molecule has 1 heterocycles. The number of nitrogens with zero attached hydrogens (tertiary/aromatic N) is 2. The molecule has 2 fully saturated rings. The van der Waals surface area contributed by atoms with Crippen molar-refractivity contribution in [3.05, 3.63) is 0 Å². The molecule has 0 aromatic carbocycles. The second kappa shape index (κ2) is 9.70. The number of primary sulfonamides is 1. The van der Waals surface area contributed by atoms with Crippen LogP contribution < -0.4 is 15.8 Å². The van der Waals surface area contributed by atoms with Crippen LogP contribution in [0.15, 0.2) is 4.99 Å². The normalized spacial score (nSPS) is 22.6. The Morgan fingerprint density at radius 1 is 1.20 bits per heavy atom.